The number of aromatic nitrogens is 2. The quantitative estimate of drug-likeness (QED) is 0.842. The van der Waals surface area contributed by atoms with E-state index in [2.05, 4.69) is 25.8 Å². The SMILES string of the molecule is Clc1cccc(N2CCN(c3cnccn3)CC2)c1. The molecule has 0 radical (unpaired) electrons. The van der Waals surface area contributed by atoms with Crippen LogP contribution in [0.3, 0.4) is 0 Å². The van der Waals surface area contributed by atoms with Gasteiger partial charge < -0.3 is 9.80 Å². The van der Waals surface area contributed by atoms with Gasteiger partial charge in [-0.2, -0.15) is 0 Å². The van der Waals surface area contributed by atoms with Crippen molar-refractivity contribution in [1.29, 1.82) is 0 Å². The predicted molar refractivity (Wildman–Crippen MR) is 77.9 cm³/mol. The Bertz CT molecular complexity index is 538. The first kappa shape index (κ1) is 12.2. The Morgan fingerprint density at radius 2 is 1.79 bits per heavy atom. The zero-order chi connectivity index (χ0) is 13.1. The molecule has 0 unspecified atom stereocenters. The summed E-state index contributed by atoms with van der Waals surface area (Å²) < 4.78 is 0. The lowest BCUT2D eigenvalue weighted by Crippen LogP contribution is -2.46. The van der Waals surface area contributed by atoms with Crippen molar-refractivity contribution in [3.05, 3.63) is 47.9 Å². The summed E-state index contributed by atoms with van der Waals surface area (Å²) >= 11 is 6.03. The highest BCUT2D eigenvalue weighted by atomic mass is 35.5. The van der Waals surface area contributed by atoms with Crippen molar-refractivity contribution in [3.63, 3.8) is 0 Å². The van der Waals surface area contributed by atoms with Gasteiger partial charge >= 0.3 is 0 Å². The van der Waals surface area contributed by atoms with Gasteiger partial charge in [0.25, 0.3) is 0 Å². The van der Waals surface area contributed by atoms with E-state index in [0.717, 1.165) is 37.0 Å². The smallest absolute Gasteiger partial charge is 0.147 e. The molecule has 0 spiro atoms. The summed E-state index contributed by atoms with van der Waals surface area (Å²) in [7, 11) is 0. The lowest BCUT2D eigenvalue weighted by molar-refractivity contribution is 0.646. The Morgan fingerprint density at radius 3 is 2.47 bits per heavy atom. The zero-order valence-corrected chi connectivity index (χ0v) is 11.3. The molecule has 2 heterocycles. The summed E-state index contributed by atoms with van der Waals surface area (Å²) in [5, 5.41) is 0.786. The van der Waals surface area contributed by atoms with E-state index in [1.165, 1.54) is 5.69 Å². The third-order valence-corrected chi connectivity index (χ3v) is 3.56. The molecule has 0 aliphatic carbocycles. The molecule has 4 nitrogen and oxygen atoms in total. The van der Waals surface area contributed by atoms with Crippen LogP contribution in [0.1, 0.15) is 0 Å². The molecule has 0 N–H and O–H groups in total. The van der Waals surface area contributed by atoms with Gasteiger partial charge in [0.1, 0.15) is 5.82 Å². The Labute approximate surface area is 117 Å². The fraction of sp³-hybridized carbons (Fsp3) is 0.286. The fourth-order valence-corrected chi connectivity index (χ4v) is 2.51. The van der Waals surface area contributed by atoms with E-state index in [1.54, 1.807) is 12.4 Å². The number of hydrogen-bond acceptors (Lipinski definition) is 4. The van der Waals surface area contributed by atoms with Crippen LogP contribution in [-0.2, 0) is 0 Å². The molecule has 0 saturated carbocycles. The van der Waals surface area contributed by atoms with E-state index in [-0.39, 0.29) is 0 Å². The van der Waals surface area contributed by atoms with Crippen molar-refractivity contribution < 1.29 is 0 Å². The minimum atomic E-state index is 0.786. The molecule has 0 bridgehead atoms. The maximum absolute atomic E-state index is 6.03. The zero-order valence-electron chi connectivity index (χ0n) is 10.5. The highest BCUT2D eigenvalue weighted by Crippen LogP contribution is 2.21. The third-order valence-electron chi connectivity index (χ3n) is 3.33. The van der Waals surface area contributed by atoms with Gasteiger partial charge in [0.2, 0.25) is 0 Å². The number of hydrogen-bond donors (Lipinski definition) is 0. The molecule has 98 valence electrons. The Morgan fingerprint density at radius 1 is 1.00 bits per heavy atom. The molecule has 1 aromatic carbocycles. The Hall–Kier alpha value is -1.81. The summed E-state index contributed by atoms with van der Waals surface area (Å²) in [5.41, 5.74) is 1.19. The van der Waals surface area contributed by atoms with Gasteiger partial charge in [0, 0.05) is 49.3 Å². The molecule has 3 rings (SSSR count). The Kier molecular flexibility index (Phi) is 3.51. The summed E-state index contributed by atoms with van der Waals surface area (Å²) in [4.78, 5) is 13.1. The lowest BCUT2D eigenvalue weighted by atomic mass is 10.2. The van der Waals surface area contributed by atoms with Gasteiger partial charge in [0.05, 0.1) is 6.20 Å². The van der Waals surface area contributed by atoms with E-state index in [0.29, 0.717) is 0 Å². The first-order valence-electron chi connectivity index (χ1n) is 6.34. The van der Waals surface area contributed by atoms with E-state index in [9.17, 15) is 0 Å². The van der Waals surface area contributed by atoms with Gasteiger partial charge in [-0.05, 0) is 18.2 Å². The Balaban J connectivity index is 1.67. The largest absolute Gasteiger partial charge is 0.368 e. The number of rotatable bonds is 2. The predicted octanol–water partition coefficient (Wildman–Crippen LogP) is 2.46. The number of nitrogens with zero attached hydrogens (tertiary/aromatic N) is 4. The highest BCUT2D eigenvalue weighted by molar-refractivity contribution is 6.30. The summed E-state index contributed by atoms with van der Waals surface area (Å²) in [6, 6.07) is 8.01. The molecular formula is C14H15ClN4. The number of piperazine rings is 1. The fourth-order valence-electron chi connectivity index (χ4n) is 2.32. The van der Waals surface area contributed by atoms with Gasteiger partial charge in [-0.1, -0.05) is 17.7 Å². The van der Waals surface area contributed by atoms with Crippen LogP contribution in [0, 0.1) is 0 Å². The van der Waals surface area contributed by atoms with Crippen LogP contribution in [0.15, 0.2) is 42.9 Å². The van der Waals surface area contributed by atoms with Crippen molar-refractivity contribution >= 4 is 23.1 Å². The molecule has 1 aliphatic rings. The first-order chi connectivity index (χ1) is 9.33. The molecule has 1 aliphatic heterocycles. The minimum Gasteiger partial charge on any atom is -0.368 e. The molecule has 1 fully saturated rings. The van der Waals surface area contributed by atoms with Crippen LogP contribution in [0.2, 0.25) is 5.02 Å². The van der Waals surface area contributed by atoms with Crippen LogP contribution in [0.25, 0.3) is 0 Å². The van der Waals surface area contributed by atoms with Crippen LogP contribution < -0.4 is 9.80 Å². The topological polar surface area (TPSA) is 32.3 Å². The van der Waals surface area contributed by atoms with E-state index in [1.807, 2.05) is 24.4 Å². The standard InChI is InChI=1S/C14H15ClN4/c15-12-2-1-3-13(10-12)18-6-8-19(9-7-18)14-11-16-4-5-17-14/h1-5,10-11H,6-9H2. The second-order valence-corrected chi connectivity index (χ2v) is 4.95. The minimum absolute atomic E-state index is 0.786. The number of halogens is 1. The maximum Gasteiger partial charge on any atom is 0.147 e. The molecule has 1 saturated heterocycles. The molecule has 2 aromatic rings. The van der Waals surface area contributed by atoms with Crippen molar-refractivity contribution in [1.82, 2.24) is 9.97 Å². The first-order valence-corrected chi connectivity index (χ1v) is 6.72. The average molecular weight is 275 g/mol. The van der Waals surface area contributed by atoms with Gasteiger partial charge in [0.15, 0.2) is 0 Å². The van der Waals surface area contributed by atoms with Crippen molar-refractivity contribution in [2.75, 3.05) is 36.0 Å². The van der Waals surface area contributed by atoms with Crippen molar-refractivity contribution in [3.8, 4) is 0 Å². The van der Waals surface area contributed by atoms with Gasteiger partial charge in [-0.25, -0.2) is 4.98 Å². The molecule has 5 heteroatoms. The lowest BCUT2D eigenvalue weighted by Gasteiger charge is -2.36. The van der Waals surface area contributed by atoms with Gasteiger partial charge in [-0.3, -0.25) is 4.98 Å². The van der Waals surface area contributed by atoms with E-state index in [4.69, 9.17) is 11.6 Å². The molecule has 1 aromatic heterocycles. The molecular weight excluding hydrogens is 260 g/mol. The normalized spacial score (nSPS) is 15.6. The van der Waals surface area contributed by atoms with Crippen molar-refractivity contribution in [2.45, 2.75) is 0 Å². The summed E-state index contributed by atoms with van der Waals surface area (Å²) in [6.07, 6.45) is 5.25. The molecule has 0 amide bonds. The molecule has 19 heavy (non-hydrogen) atoms. The molecule has 0 atom stereocenters. The van der Waals surface area contributed by atoms with Crippen molar-refractivity contribution in [2.24, 2.45) is 0 Å². The van der Waals surface area contributed by atoms with Crippen LogP contribution in [0.5, 0.6) is 0 Å². The summed E-state index contributed by atoms with van der Waals surface area (Å²) in [5.74, 6) is 0.952. The number of benzene rings is 1. The van der Waals surface area contributed by atoms with Gasteiger partial charge in [-0.15, -0.1) is 0 Å². The van der Waals surface area contributed by atoms with E-state index < -0.39 is 0 Å². The average Bonchev–Trinajstić information content (AvgIpc) is 2.48. The summed E-state index contributed by atoms with van der Waals surface area (Å²) in [6.45, 7) is 3.84. The maximum atomic E-state index is 6.03. The van der Waals surface area contributed by atoms with Crippen LogP contribution in [-0.4, -0.2) is 36.1 Å². The van der Waals surface area contributed by atoms with Crippen LogP contribution in [0.4, 0.5) is 11.5 Å². The second-order valence-electron chi connectivity index (χ2n) is 4.52. The van der Waals surface area contributed by atoms with E-state index >= 15 is 0 Å². The monoisotopic (exact) mass is 274 g/mol. The second kappa shape index (κ2) is 5.45. The highest BCUT2D eigenvalue weighted by Gasteiger charge is 2.18. The number of anilines is 2. The van der Waals surface area contributed by atoms with Crippen LogP contribution >= 0.6 is 11.6 Å². The third kappa shape index (κ3) is 2.79.